The summed E-state index contributed by atoms with van der Waals surface area (Å²) in [6.45, 7) is 0.255. The van der Waals surface area contributed by atoms with Gasteiger partial charge in [0.25, 0.3) is 5.91 Å². The summed E-state index contributed by atoms with van der Waals surface area (Å²) >= 11 is 6.29. The van der Waals surface area contributed by atoms with Crippen molar-refractivity contribution in [3.63, 3.8) is 0 Å². The van der Waals surface area contributed by atoms with E-state index in [2.05, 4.69) is 10.3 Å². The van der Waals surface area contributed by atoms with Crippen LogP contribution >= 0.6 is 11.6 Å². The van der Waals surface area contributed by atoms with Gasteiger partial charge in [-0.1, -0.05) is 17.7 Å². The number of aromatic nitrogens is 1. The molecule has 0 saturated carbocycles. The van der Waals surface area contributed by atoms with Gasteiger partial charge in [0.1, 0.15) is 23.9 Å². The number of nitrogens with zero attached hydrogens (tertiary/aromatic N) is 1. The van der Waals surface area contributed by atoms with Crippen molar-refractivity contribution in [1.82, 2.24) is 4.98 Å². The fraction of sp³-hybridized carbons (Fsp3) is 0.0417. The lowest BCUT2D eigenvalue weighted by Gasteiger charge is -2.11. The number of benzene rings is 2. The first-order chi connectivity index (χ1) is 15.5. The van der Waals surface area contributed by atoms with Crippen molar-refractivity contribution in [3.05, 3.63) is 95.0 Å². The Morgan fingerprint density at radius 2 is 2.00 bits per heavy atom. The van der Waals surface area contributed by atoms with Crippen LogP contribution in [0.2, 0.25) is 5.02 Å². The molecule has 0 aliphatic carbocycles. The van der Waals surface area contributed by atoms with Gasteiger partial charge in [0.15, 0.2) is 12.0 Å². The smallest absolute Gasteiger partial charge is 0.259 e. The normalized spacial score (nSPS) is 10.5. The summed E-state index contributed by atoms with van der Waals surface area (Å²) in [6, 6.07) is 17.9. The average molecular weight is 449 g/mol. The molecule has 4 rings (SSSR count). The lowest BCUT2D eigenvalue weighted by molar-refractivity contribution is 0.102. The van der Waals surface area contributed by atoms with Crippen molar-refractivity contribution in [2.75, 3.05) is 5.32 Å². The van der Waals surface area contributed by atoms with E-state index in [4.69, 9.17) is 20.8 Å². The van der Waals surface area contributed by atoms with E-state index < -0.39 is 5.91 Å². The molecule has 0 aliphatic heterocycles. The van der Waals surface area contributed by atoms with Crippen LogP contribution in [0.25, 0.3) is 11.3 Å². The third-order valence-corrected chi connectivity index (χ3v) is 4.86. The zero-order valence-corrected chi connectivity index (χ0v) is 17.4. The first kappa shape index (κ1) is 21.1. The van der Waals surface area contributed by atoms with Gasteiger partial charge in [-0.25, -0.2) is 0 Å². The molecule has 0 saturated heterocycles. The predicted molar refractivity (Wildman–Crippen MR) is 119 cm³/mol. The monoisotopic (exact) mass is 448 g/mol. The van der Waals surface area contributed by atoms with Gasteiger partial charge in [0.2, 0.25) is 0 Å². The van der Waals surface area contributed by atoms with E-state index in [0.717, 1.165) is 5.69 Å². The molecule has 8 heteroatoms. The molecule has 0 unspecified atom stereocenters. The third-order valence-electron chi connectivity index (χ3n) is 4.56. The highest BCUT2D eigenvalue weighted by atomic mass is 35.5. The van der Waals surface area contributed by atoms with Gasteiger partial charge in [-0.3, -0.25) is 14.6 Å². The summed E-state index contributed by atoms with van der Waals surface area (Å²) in [5.41, 5.74) is 1.76. The largest absolute Gasteiger partial charge is 0.507 e. The molecule has 0 spiro atoms. The number of nitrogens with one attached hydrogen (secondary N) is 1. The Morgan fingerprint density at radius 3 is 2.72 bits per heavy atom. The van der Waals surface area contributed by atoms with Crippen LogP contribution in [0.15, 0.2) is 77.3 Å². The minimum Gasteiger partial charge on any atom is -0.507 e. The van der Waals surface area contributed by atoms with Gasteiger partial charge >= 0.3 is 0 Å². The third kappa shape index (κ3) is 4.79. The maximum Gasteiger partial charge on any atom is 0.259 e. The standard InChI is InChI=1S/C24H17ClN2O5/c25-20-12-16(5-8-23(20)31-14-17-3-1-2-10-26-17)27-24(30)19-11-15(4-7-21(19)29)22-9-6-18(13-28)32-22/h1-13,29H,14H2,(H,27,30). The average Bonchev–Trinajstić information content (AvgIpc) is 3.29. The fourth-order valence-electron chi connectivity index (χ4n) is 2.97. The summed E-state index contributed by atoms with van der Waals surface area (Å²) < 4.78 is 11.1. The topological polar surface area (TPSA) is 102 Å². The van der Waals surface area contributed by atoms with E-state index in [1.54, 1.807) is 36.5 Å². The van der Waals surface area contributed by atoms with E-state index in [1.165, 1.54) is 18.2 Å². The van der Waals surface area contributed by atoms with Crippen LogP contribution in [-0.4, -0.2) is 22.3 Å². The molecule has 7 nitrogen and oxygen atoms in total. The second kappa shape index (κ2) is 9.36. The van der Waals surface area contributed by atoms with Crippen LogP contribution in [0.5, 0.6) is 11.5 Å². The Labute approximate surface area is 188 Å². The first-order valence-corrected chi connectivity index (χ1v) is 9.93. The molecule has 0 aliphatic rings. The molecule has 0 bridgehead atoms. The minimum atomic E-state index is -0.537. The summed E-state index contributed by atoms with van der Waals surface area (Å²) in [5.74, 6) is 0.279. The van der Waals surface area contributed by atoms with Crippen molar-refractivity contribution in [1.29, 1.82) is 0 Å². The van der Waals surface area contributed by atoms with Crippen LogP contribution in [0, 0.1) is 0 Å². The Kier molecular flexibility index (Phi) is 6.19. The number of furan rings is 1. The summed E-state index contributed by atoms with van der Waals surface area (Å²) in [4.78, 5) is 27.8. The van der Waals surface area contributed by atoms with Crippen molar-refractivity contribution < 1.29 is 23.8 Å². The number of pyridine rings is 1. The summed E-state index contributed by atoms with van der Waals surface area (Å²) in [7, 11) is 0. The van der Waals surface area contributed by atoms with Crippen LogP contribution < -0.4 is 10.1 Å². The number of phenolic OH excluding ortho intramolecular Hbond substituents is 1. The number of halogens is 1. The van der Waals surface area contributed by atoms with Gasteiger partial charge in [0, 0.05) is 17.4 Å². The summed E-state index contributed by atoms with van der Waals surface area (Å²) in [6.07, 6.45) is 2.27. The Hall–Kier alpha value is -4.10. The van der Waals surface area contributed by atoms with Gasteiger partial charge < -0.3 is 19.6 Å². The molecule has 0 fully saturated rings. The number of aldehydes is 1. The number of ether oxygens (including phenoxy) is 1. The molecular formula is C24H17ClN2O5. The molecule has 2 aromatic carbocycles. The number of carbonyl (C=O) groups excluding carboxylic acids is 2. The maximum absolute atomic E-state index is 12.7. The Bertz CT molecular complexity index is 1270. The van der Waals surface area contributed by atoms with Crippen LogP contribution in [-0.2, 0) is 6.61 Å². The first-order valence-electron chi connectivity index (χ1n) is 9.55. The number of hydrogen-bond donors (Lipinski definition) is 2. The highest BCUT2D eigenvalue weighted by Crippen LogP contribution is 2.30. The SMILES string of the molecule is O=Cc1ccc(-c2ccc(O)c(C(=O)Nc3ccc(OCc4ccccn4)c(Cl)c3)c2)o1. The molecular weight excluding hydrogens is 432 g/mol. The van der Waals surface area contributed by atoms with Gasteiger partial charge in [-0.2, -0.15) is 0 Å². The van der Waals surface area contributed by atoms with Crippen molar-refractivity contribution in [2.24, 2.45) is 0 Å². The number of carbonyl (C=O) groups is 2. The minimum absolute atomic E-state index is 0.0400. The van der Waals surface area contributed by atoms with E-state index in [0.29, 0.717) is 34.1 Å². The van der Waals surface area contributed by atoms with Crippen LogP contribution in [0.3, 0.4) is 0 Å². The number of amides is 1. The van der Waals surface area contributed by atoms with E-state index in [1.807, 2.05) is 18.2 Å². The van der Waals surface area contributed by atoms with Crippen molar-refractivity contribution >= 4 is 29.5 Å². The number of anilines is 1. The molecule has 32 heavy (non-hydrogen) atoms. The van der Waals surface area contributed by atoms with E-state index in [9.17, 15) is 14.7 Å². The van der Waals surface area contributed by atoms with Crippen LogP contribution in [0.1, 0.15) is 26.6 Å². The van der Waals surface area contributed by atoms with Gasteiger partial charge in [-0.05, 0) is 60.7 Å². The fourth-order valence-corrected chi connectivity index (χ4v) is 3.21. The lowest BCUT2D eigenvalue weighted by Crippen LogP contribution is -2.12. The molecule has 4 aromatic rings. The molecule has 1 amide bonds. The zero-order valence-electron chi connectivity index (χ0n) is 16.6. The second-order valence-corrected chi connectivity index (χ2v) is 7.17. The highest BCUT2D eigenvalue weighted by Gasteiger charge is 2.15. The Morgan fingerprint density at radius 1 is 1.12 bits per heavy atom. The van der Waals surface area contributed by atoms with E-state index >= 15 is 0 Å². The van der Waals surface area contributed by atoms with E-state index in [-0.39, 0.29) is 23.7 Å². The number of hydrogen-bond acceptors (Lipinski definition) is 6. The number of phenols is 1. The predicted octanol–water partition coefficient (Wildman–Crippen LogP) is 5.34. The number of aromatic hydroxyl groups is 1. The highest BCUT2D eigenvalue weighted by molar-refractivity contribution is 6.32. The van der Waals surface area contributed by atoms with Gasteiger partial charge in [-0.15, -0.1) is 0 Å². The molecule has 2 aromatic heterocycles. The van der Waals surface area contributed by atoms with Crippen molar-refractivity contribution in [2.45, 2.75) is 6.61 Å². The molecule has 2 N–H and O–H groups in total. The molecule has 0 radical (unpaired) electrons. The quantitative estimate of drug-likeness (QED) is 0.370. The van der Waals surface area contributed by atoms with Crippen molar-refractivity contribution in [3.8, 4) is 22.8 Å². The molecule has 0 atom stereocenters. The van der Waals surface area contributed by atoms with Crippen LogP contribution in [0.4, 0.5) is 5.69 Å². The maximum atomic E-state index is 12.7. The van der Waals surface area contributed by atoms with Gasteiger partial charge in [0.05, 0.1) is 16.3 Å². The number of rotatable bonds is 7. The zero-order chi connectivity index (χ0) is 22.5. The molecule has 2 heterocycles. The Balaban J connectivity index is 1.48. The second-order valence-electron chi connectivity index (χ2n) is 6.76. The summed E-state index contributed by atoms with van der Waals surface area (Å²) in [5, 5.41) is 13.2. The lowest BCUT2D eigenvalue weighted by atomic mass is 10.1. The molecule has 160 valence electrons.